The van der Waals surface area contributed by atoms with E-state index in [4.69, 9.17) is 0 Å². The van der Waals surface area contributed by atoms with Gasteiger partial charge in [-0.3, -0.25) is 4.79 Å². The van der Waals surface area contributed by atoms with Gasteiger partial charge < -0.3 is 4.90 Å². The predicted molar refractivity (Wildman–Crippen MR) is 103 cm³/mol. The van der Waals surface area contributed by atoms with E-state index in [1.54, 1.807) is 0 Å². The van der Waals surface area contributed by atoms with Crippen molar-refractivity contribution in [1.82, 2.24) is 4.90 Å². The molecule has 1 amide bonds. The molecule has 0 aromatic heterocycles. The van der Waals surface area contributed by atoms with Gasteiger partial charge in [-0.1, -0.05) is 77.4 Å². The Morgan fingerprint density at radius 1 is 0.739 bits per heavy atom. The van der Waals surface area contributed by atoms with Crippen LogP contribution >= 0.6 is 0 Å². The summed E-state index contributed by atoms with van der Waals surface area (Å²) < 4.78 is 0. The molecule has 0 aromatic carbocycles. The highest BCUT2D eigenvalue weighted by Crippen LogP contribution is 2.13. The Labute approximate surface area is 145 Å². The van der Waals surface area contributed by atoms with Crippen LogP contribution in [-0.4, -0.2) is 24.4 Å². The zero-order valence-electron chi connectivity index (χ0n) is 16.1. The number of amides is 1. The van der Waals surface area contributed by atoms with Crippen molar-refractivity contribution in [3.63, 3.8) is 0 Å². The van der Waals surface area contributed by atoms with Crippen molar-refractivity contribution in [3.05, 3.63) is 12.2 Å². The van der Waals surface area contributed by atoms with E-state index in [9.17, 15) is 4.79 Å². The van der Waals surface area contributed by atoms with Gasteiger partial charge in [0.25, 0.3) is 0 Å². The molecular weight excluding hydrogens is 282 g/mol. The minimum atomic E-state index is 0.429. The Morgan fingerprint density at radius 3 is 1.87 bits per heavy atom. The summed E-state index contributed by atoms with van der Waals surface area (Å²) in [6, 6.07) is 0.429. The fourth-order valence-corrected chi connectivity index (χ4v) is 3.07. The molecule has 0 heterocycles. The van der Waals surface area contributed by atoms with Gasteiger partial charge in [0.1, 0.15) is 0 Å². The van der Waals surface area contributed by atoms with Crippen molar-refractivity contribution in [3.8, 4) is 0 Å². The average Bonchev–Trinajstić information content (AvgIpc) is 2.57. The summed E-state index contributed by atoms with van der Waals surface area (Å²) in [7, 11) is 1.91. The zero-order valence-corrected chi connectivity index (χ0v) is 16.1. The van der Waals surface area contributed by atoms with Crippen molar-refractivity contribution >= 4 is 6.41 Å². The SMILES string of the molecule is CCCCCCCCCC/C=C/CCCC(CCC)N(C)C=O. The average molecular weight is 324 g/mol. The van der Waals surface area contributed by atoms with E-state index in [1.807, 2.05) is 11.9 Å². The van der Waals surface area contributed by atoms with Crippen molar-refractivity contribution in [1.29, 1.82) is 0 Å². The lowest BCUT2D eigenvalue weighted by Crippen LogP contribution is -2.30. The van der Waals surface area contributed by atoms with Crippen molar-refractivity contribution in [2.24, 2.45) is 0 Å². The summed E-state index contributed by atoms with van der Waals surface area (Å²) in [5.74, 6) is 0. The number of hydrogen-bond acceptors (Lipinski definition) is 1. The third kappa shape index (κ3) is 14.5. The fraction of sp³-hybridized carbons (Fsp3) is 0.857. The van der Waals surface area contributed by atoms with E-state index in [1.165, 1.54) is 64.2 Å². The molecule has 0 spiro atoms. The molecule has 0 rings (SSSR count). The first-order chi connectivity index (χ1) is 11.3. The second-order valence-electron chi connectivity index (χ2n) is 6.88. The quantitative estimate of drug-likeness (QED) is 0.170. The van der Waals surface area contributed by atoms with E-state index in [2.05, 4.69) is 26.0 Å². The first-order valence-corrected chi connectivity index (χ1v) is 10.1. The lowest BCUT2D eigenvalue weighted by Gasteiger charge is -2.23. The summed E-state index contributed by atoms with van der Waals surface area (Å²) >= 11 is 0. The third-order valence-electron chi connectivity index (χ3n) is 4.66. The van der Waals surface area contributed by atoms with Crippen LogP contribution in [0.1, 0.15) is 104 Å². The van der Waals surface area contributed by atoms with Crippen LogP contribution in [0.3, 0.4) is 0 Å². The number of nitrogens with zero attached hydrogens (tertiary/aromatic N) is 1. The van der Waals surface area contributed by atoms with Gasteiger partial charge in [-0.2, -0.15) is 0 Å². The first kappa shape index (κ1) is 22.2. The Hall–Kier alpha value is -0.790. The Kier molecular flexibility index (Phi) is 17.0. The van der Waals surface area contributed by atoms with Gasteiger partial charge in [-0.05, 0) is 38.5 Å². The smallest absolute Gasteiger partial charge is 0.209 e. The van der Waals surface area contributed by atoms with Gasteiger partial charge in [0.05, 0.1) is 0 Å². The monoisotopic (exact) mass is 323 g/mol. The molecule has 0 aliphatic carbocycles. The minimum Gasteiger partial charge on any atom is -0.345 e. The summed E-state index contributed by atoms with van der Waals surface area (Å²) in [5.41, 5.74) is 0. The molecule has 0 aliphatic rings. The molecule has 23 heavy (non-hydrogen) atoms. The fourth-order valence-electron chi connectivity index (χ4n) is 3.07. The molecule has 0 fully saturated rings. The Morgan fingerprint density at radius 2 is 1.30 bits per heavy atom. The predicted octanol–water partition coefficient (Wildman–Crippen LogP) is 6.50. The lowest BCUT2D eigenvalue weighted by molar-refractivity contribution is -0.119. The van der Waals surface area contributed by atoms with Gasteiger partial charge in [-0.25, -0.2) is 0 Å². The van der Waals surface area contributed by atoms with Gasteiger partial charge in [-0.15, -0.1) is 0 Å². The number of unbranched alkanes of at least 4 members (excludes halogenated alkanes) is 9. The Bertz CT molecular complexity index is 275. The van der Waals surface area contributed by atoms with Crippen LogP contribution < -0.4 is 0 Å². The second kappa shape index (κ2) is 17.6. The van der Waals surface area contributed by atoms with Crippen molar-refractivity contribution < 1.29 is 4.79 Å². The highest BCUT2D eigenvalue weighted by atomic mass is 16.1. The van der Waals surface area contributed by atoms with Gasteiger partial charge >= 0.3 is 0 Å². The molecule has 1 unspecified atom stereocenters. The highest BCUT2D eigenvalue weighted by Gasteiger charge is 2.10. The minimum absolute atomic E-state index is 0.429. The number of carbonyl (C=O) groups is 1. The molecule has 0 aliphatic heterocycles. The summed E-state index contributed by atoms with van der Waals surface area (Å²) in [6.07, 6.45) is 23.8. The van der Waals surface area contributed by atoms with Crippen LogP contribution in [-0.2, 0) is 4.79 Å². The number of rotatable bonds is 17. The van der Waals surface area contributed by atoms with Crippen LogP contribution in [0, 0.1) is 0 Å². The first-order valence-electron chi connectivity index (χ1n) is 10.1. The normalized spacial score (nSPS) is 12.7. The van der Waals surface area contributed by atoms with Crippen LogP contribution in [0.4, 0.5) is 0 Å². The third-order valence-corrected chi connectivity index (χ3v) is 4.66. The summed E-state index contributed by atoms with van der Waals surface area (Å²) in [6.45, 7) is 4.46. The summed E-state index contributed by atoms with van der Waals surface area (Å²) in [4.78, 5) is 12.7. The molecule has 2 heteroatoms. The topological polar surface area (TPSA) is 20.3 Å². The number of hydrogen-bond donors (Lipinski definition) is 0. The van der Waals surface area contributed by atoms with Crippen LogP contribution in [0.2, 0.25) is 0 Å². The number of allylic oxidation sites excluding steroid dienone is 2. The van der Waals surface area contributed by atoms with E-state index in [0.717, 1.165) is 32.1 Å². The molecule has 0 saturated carbocycles. The van der Waals surface area contributed by atoms with E-state index < -0.39 is 0 Å². The maximum absolute atomic E-state index is 10.9. The molecule has 0 N–H and O–H groups in total. The van der Waals surface area contributed by atoms with E-state index >= 15 is 0 Å². The lowest BCUT2D eigenvalue weighted by atomic mass is 10.0. The summed E-state index contributed by atoms with van der Waals surface area (Å²) in [5, 5.41) is 0. The second-order valence-corrected chi connectivity index (χ2v) is 6.88. The zero-order chi connectivity index (χ0) is 17.2. The van der Waals surface area contributed by atoms with Crippen LogP contribution in [0.25, 0.3) is 0 Å². The van der Waals surface area contributed by atoms with E-state index in [-0.39, 0.29) is 0 Å². The number of carbonyl (C=O) groups excluding carboxylic acids is 1. The molecule has 0 bridgehead atoms. The molecule has 136 valence electrons. The van der Waals surface area contributed by atoms with Gasteiger partial charge in [0.2, 0.25) is 6.41 Å². The van der Waals surface area contributed by atoms with Crippen molar-refractivity contribution in [2.75, 3.05) is 7.05 Å². The largest absolute Gasteiger partial charge is 0.345 e. The van der Waals surface area contributed by atoms with Gasteiger partial charge in [0.15, 0.2) is 0 Å². The molecule has 2 nitrogen and oxygen atoms in total. The maximum Gasteiger partial charge on any atom is 0.209 e. The highest BCUT2D eigenvalue weighted by molar-refractivity contribution is 5.46. The van der Waals surface area contributed by atoms with Gasteiger partial charge in [0, 0.05) is 13.1 Å². The van der Waals surface area contributed by atoms with Crippen LogP contribution in [0.5, 0.6) is 0 Å². The molecule has 0 radical (unpaired) electrons. The molecule has 1 atom stereocenters. The molecule has 0 saturated heterocycles. The molecule has 0 aromatic rings. The Balaban J connectivity index is 3.44. The van der Waals surface area contributed by atoms with Crippen LogP contribution in [0.15, 0.2) is 12.2 Å². The van der Waals surface area contributed by atoms with E-state index in [0.29, 0.717) is 6.04 Å². The van der Waals surface area contributed by atoms with Crippen molar-refractivity contribution in [2.45, 2.75) is 110 Å². The molecular formula is C21H41NO. The maximum atomic E-state index is 10.9. The standard InChI is InChI=1S/C21H41NO/c1-4-6-7-8-9-10-11-12-13-14-15-16-17-19-21(18-5-2)22(3)20-23/h14-15,20-21H,4-13,16-19H2,1-3H3/b15-14+.